The Labute approximate surface area is 582 Å². The van der Waals surface area contributed by atoms with Gasteiger partial charge in [0.05, 0.1) is 51.7 Å². The number of nitrogens with one attached hydrogen (secondary N) is 1. The van der Waals surface area contributed by atoms with Gasteiger partial charge in [0, 0.05) is 101 Å². The molecule has 0 atom stereocenters. The first-order valence-corrected chi connectivity index (χ1v) is 33.1. The number of thiophene rings is 2. The zero-order valence-corrected chi connectivity index (χ0v) is 58.7. The minimum atomic E-state index is 0.722. The molecule has 1 aliphatic rings. The normalized spacial score (nSPS) is 10.3. The molecule has 18 rings (SSSR count). The second-order valence-corrected chi connectivity index (χ2v) is 23.5. The molecule has 0 radical (unpaired) electrons. The Hall–Kier alpha value is -12.0. The number of hydrogen-bond donors (Lipinski definition) is 1. The van der Waals surface area contributed by atoms with E-state index in [1.807, 2.05) is 188 Å². The van der Waals surface area contributed by atoms with Gasteiger partial charge in [-0.05, 0) is 182 Å². The molecule has 0 unspecified atom stereocenters. The Morgan fingerprint density at radius 2 is 1.03 bits per heavy atom. The van der Waals surface area contributed by atoms with Crippen LogP contribution in [-0.2, 0) is 6.42 Å². The molecule has 1 aliphatic heterocycles. The molecule has 0 amide bonds. The second kappa shape index (κ2) is 39.1. The first-order chi connectivity index (χ1) is 48.2. The van der Waals surface area contributed by atoms with Crippen LogP contribution < -0.4 is 0 Å². The van der Waals surface area contributed by atoms with Crippen molar-refractivity contribution in [3.63, 3.8) is 0 Å². The van der Waals surface area contributed by atoms with Crippen molar-refractivity contribution in [3.05, 3.63) is 306 Å². The summed E-state index contributed by atoms with van der Waals surface area (Å²) < 4.78 is 11.4. The number of hydrogen-bond acceptors (Lipinski definition) is 21. The van der Waals surface area contributed by atoms with E-state index in [0.717, 1.165) is 95.6 Å². The van der Waals surface area contributed by atoms with Crippen molar-refractivity contribution in [2.75, 3.05) is 0 Å². The highest BCUT2D eigenvalue weighted by atomic mass is 32.1. The largest absolute Gasteiger partial charge is 0.461 e. The highest BCUT2D eigenvalue weighted by molar-refractivity contribution is 7.17. The van der Waals surface area contributed by atoms with Crippen LogP contribution in [0.1, 0.15) is 67.5 Å². The lowest BCUT2D eigenvalue weighted by Gasteiger charge is -1.98. The summed E-state index contributed by atoms with van der Waals surface area (Å²) in [5, 5.41) is 7.59. The molecule has 0 saturated carbocycles. The van der Waals surface area contributed by atoms with Crippen molar-refractivity contribution >= 4 is 99.4 Å². The van der Waals surface area contributed by atoms with E-state index < -0.39 is 0 Å². The third-order valence-electron chi connectivity index (χ3n) is 14.3. The molecule has 2 aromatic carbocycles. The summed E-state index contributed by atoms with van der Waals surface area (Å²) in [5.41, 5.74) is 19.8. The van der Waals surface area contributed by atoms with E-state index in [-0.39, 0.29) is 0 Å². The molecule has 0 spiro atoms. The van der Waals surface area contributed by atoms with Gasteiger partial charge >= 0.3 is 0 Å². The Morgan fingerprint density at radius 3 is 1.67 bits per heavy atom. The lowest BCUT2D eigenvalue weighted by Crippen LogP contribution is -1.85. The van der Waals surface area contributed by atoms with Crippen LogP contribution in [0.2, 0.25) is 0 Å². The van der Waals surface area contributed by atoms with Crippen LogP contribution in [0.15, 0.2) is 252 Å². The van der Waals surface area contributed by atoms with Crippen molar-refractivity contribution in [1.29, 1.82) is 0 Å². The molecule has 17 aromatic rings. The number of rotatable bonds is 0. The standard InChI is InChI=1S/C10H9N.C8H8N2.C8H7NO.C7H6N2O.2C7H6N2S.C7H8.C6H6N4.2C6H7N.C5H6N2/c1-8-6-7-11-10-5-3-2-4-9(8)10;2*1-6-2-4-9-8-7(6)3-5-10-8;2*1-5-7-6(2-3-10-7)9-4-8-5;1-5-6-2-3-10-7(6)9-4-8-5;1-7-5-3-2-4-6-7;1-4-5-6(9-2-7-4)10-3-8-5;1-6-2-4-7-5-3-6;1-6-4-2-3-5-7-6;1-5-2-3-6-4-7-5/h2-7H,1H3;2,4-5H,3H2,1H3;2-5H,1H3;3*2-4H,1H3;2-6H,1H3;2-3H,1H3,(H,7,8,9,10);2*2-5H,1H3;2-4H,1H3. The summed E-state index contributed by atoms with van der Waals surface area (Å²) in [5.74, 6) is 0.903. The number of pyridine rings is 5. The number of fused-ring (bicyclic) bond motifs is 7. The molecule has 498 valence electrons. The van der Waals surface area contributed by atoms with Gasteiger partial charge in [-0.15, -0.1) is 22.7 Å². The lowest BCUT2D eigenvalue weighted by atomic mass is 10.1. The van der Waals surface area contributed by atoms with Crippen LogP contribution >= 0.6 is 22.7 Å². The number of aliphatic imine (C=N–C) groups is 1. The molecule has 15 aromatic heterocycles. The lowest BCUT2D eigenvalue weighted by molar-refractivity contribution is 0.603. The van der Waals surface area contributed by atoms with E-state index in [4.69, 9.17) is 8.83 Å². The summed E-state index contributed by atoms with van der Waals surface area (Å²) in [6.45, 7) is 22.1. The van der Waals surface area contributed by atoms with Crippen molar-refractivity contribution in [1.82, 2.24) is 84.7 Å². The molecule has 0 aliphatic carbocycles. The molecule has 0 saturated heterocycles. The molecular formula is C77H76N18O2S2. The summed E-state index contributed by atoms with van der Waals surface area (Å²) in [6.07, 6.45) is 28.0. The fourth-order valence-electron chi connectivity index (χ4n) is 8.80. The van der Waals surface area contributed by atoms with Crippen LogP contribution in [0.4, 0.5) is 5.82 Å². The number of para-hydroxylation sites is 1. The van der Waals surface area contributed by atoms with Gasteiger partial charge in [0.2, 0.25) is 5.71 Å². The van der Waals surface area contributed by atoms with E-state index >= 15 is 0 Å². The summed E-state index contributed by atoms with van der Waals surface area (Å²) in [6, 6.07) is 43.9. The van der Waals surface area contributed by atoms with Gasteiger partial charge in [0.1, 0.15) is 47.5 Å². The summed E-state index contributed by atoms with van der Waals surface area (Å²) >= 11 is 3.34. The molecule has 0 fully saturated rings. The number of furan rings is 2. The molecule has 1 N–H and O–H groups in total. The Kier molecular flexibility index (Phi) is 28.8. The van der Waals surface area contributed by atoms with Crippen molar-refractivity contribution in [2.45, 2.75) is 82.6 Å². The predicted molar refractivity (Wildman–Crippen MR) is 399 cm³/mol. The van der Waals surface area contributed by atoms with Gasteiger partial charge in [0.15, 0.2) is 17.0 Å². The van der Waals surface area contributed by atoms with Crippen LogP contribution in [0.3, 0.4) is 0 Å². The quantitative estimate of drug-likeness (QED) is 0.148. The average molecular weight is 1350 g/mol. The number of aromatic nitrogens is 17. The van der Waals surface area contributed by atoms with E-state index in [2.05, 4.69) is 135 Å². The maximum absolute atomic E-state index is 5.12. The molecule has 22 heteroatoms. The van der Waals surface area contributed by atoms with Crippen molar-refractivity contribution in [3.8, 4) is 0 Å². The van der Waals surface area contributed by atoms with E-state index in [1.54, 1.807) is 91.4 Å². The highest BCUT2D eigenvalue weighted by Gasteiger charge is 2.09. The van der Waals surface area contributed by atoms with E-state index in [1.165, 1.54) is 67.8 Å². The van der Waals surface area contributed by atoms with Crippen molar-refractivity contribution < 1.29 is 8.83 Å². The minimum Gasteiger partial charge on any atom is -0.461 e. The number of nitrogens with zero attached hydrogens (tertiary/aromatic N) is 17. The maximum atomic E-state index is 5.12. The summed E-state index contributed by atoms with van der Waals surface area (Å²) in [4.78, 5) is 72.2. The fraction of sp³-hybridized carbons (Fsp3) is 0.156. The Morgan fingerprint density at radius 1 is 0.384 bits per heavy atom. The minimum absolute atomic E-state index is 0.722. The Bertz CT molecular complexity index is 4610. The second-order valence-electron chi connectivity index (χ2n) is 21.7. The summed E-state index contributed by atoms with van der Waals surface area (Å²) in [7, 11) is 0. The van der Waals surface area contributed by atoms with Crippen molar-refractivity contribution in [2.24, 2.45) is 4.99 Å². The molecule has 20 nitrogen and oxygen atoms in total. The van der Waals surface area contributed by atoms with Crippen LogP contribution in [-0.4, -0.2) is 90.9 Å². The Balaban J connectivity index is 0.000000139. The first-order valence-electron chi connectivity index (χ1n) is 31.3. The van der Waals surface area contributed by atoms with E-state index in [0.29, 0.717) is 0 Å². The van der Waals surface area contributed by atoms with Gasteiger partial charge in [-0.2, -0.15) is 0 Å². The molecule has 16 heterocycles. The third-order valence-corrected chi connectivity index (χ3v) is 16.1. The van der Waals surface area contributed by atoms with Gasteiger partial charge in [-0.3, -0.25) is 15.0 Å². The molecule has 0 bridgehead atoms. The predicted octanol–water partition coefficient (Wildman–Crippen LogP) is 18.1. The monoisotopic (exact) mass is 1350 g/mol. The topological polar surface area (TPSA) is 261 Å². The number of benzene rings is 2. The third kappa shape index (κ3) is 23.4. The van der Waals surface area contributed by atoms with Gasteiger partial charge in [-0.1, -0.05) is 60.2 Å². The number of aryl methyl sites for hydroxylation is 11. The SMILES string of the molecule is Cc1ccccc1.Cc1ccccn1.Cc1ccnc2c1CC=N2.Cc1ccnc2ccccc12.Cc1ccnc2occc12.Cc1ccncc1.Cc1ccncn1.Cc1ncnc2ccoc12.Cc1ncnc2ccsc12.Cc1ncnc2nc[nH]c12.Cc1ncnc2sccc12. The van der Waals surface area contributed by atoms with E-state index in [9.17, 15) is 0 Å². The number of aromatic amines is 1. The maximum Gasteiger partial charge on any atom is 0.226 e. The first kappa shape index (κ1) is 72.8. The molecular weight excluding hydrogens is 1270 g/mol. The number of H-pyrrole nitrogens is 1. The highest BCUT2D eigenvalue weighted by Crippen LogP contribution is 2.24. The molecule has 99 heavy (non-hydrogen) atoms. The zero-order chi connectivity index (χ0) is 70.0. The zero-order valence-electron chi connectivity index (χ0n) is 57.0. The smallest absolute Gasteiger partial charge is 0.226 e. The van der Waals surface area contributed by atoms with Crippen LogP contribution in [0, 0.1) is 76.2 Å². The van der Waals surface area contributed by atoms with Gasteiger partial charge in [-0.25, -0.2) is 69.8 Å². The van der Waals surface area contributed by atoms with Gasteiger partial charge < -0.3 is 13.8 Å². The van der Waals surface area contributed by atoms with Gasteiger partial charge in [0.25, 0.3) is 0 Å². The average Bonchev–Trinajstić information content (AvgIpc) is 1.85. The van der Waals surface area contributed by atoms with Crippen LogP contribution in [0.25, 0.3) is 64.7 Å². The van der Waals surface area contributed by atoms with Crippen LogP contribution in [0.5, 0.6) is 0 Å². The fourth-order valence-corrected chi connectivity index (χ4v) is 10.4. The number of imidazole rings is 1.